The molecule has 3 rings (SSSR count). The molecule has 1 saturated carbocycles. The molecule has 6 nitrogen and oxygen atoms in total. The van der Waals surface area contributed by atoms with E-state index in [1.54, 1.807) is 31.3 Å². The van der Waals surface area contributed by atoms with Crippen LogP contribution in [0.2, 0.25) is 0 Å². The molecule has 0 spiro atoms. The minimum atomic E-state index is -5.09. The summed E-state index contributed by atoms with van der Waals surface area (Å²) in [6.45, 7) is 3.24. The van der Waals surface area contributed by atoms with Crippen LogP contribution in [0.15, 0.2) is 42.5 Å². The Balaban J connectivity index is 1.79. The second-order valence-electron chi connectivity index (χ2n) is 8.14. The molecule has 2 N–H and O–H groups in total. The van der Waals surface area contributed by atoms with Crippen LogP contribution in [-0.4, -0.2) is 29.5 Å². The second-order valence-corrected chi connectivity index (χ2v) is 8.14. The fraction of sp³-hybridized carbons (Fsp3) is 0.318. The van der Waals surface area contributed by atoms with Crippen molar-refractivity contribution in [3.05, 3.63) is 59.4 Å². The third-order valence-corrected chi connectivity index (χ3v) is 5.36. The number of carboxylic acids is 1. The SMILES string of the molecule is CC(C)(NC(=O)C1(NC(=O)C(F)(F)F)CC1)c1ccc(-c2cccc(F)c2C(=O)[O-])cc1. The number of aromatic carboxylic acids is 1. The molecule has 0 saturated heterocycles. The molecular formula is C22H19F4N2O4-. The first kappa shape index (κ1) is 23.2. The molecule has 170 valence electrons. The van der Waals surface area contributed by atoms with Gasteiger partial charge in [-0.2, -0.15) is 13.2 Å². The minimum Gasteiger partial charge on any atom is -0.545 e. The van der Waals surface area contributed by atoms with E-state index in [9.17, 15) is 37.1 Å². The highest BCUT2D eigenvalue weighted by atomic mass is 19.4. The van der Waals surface area contributed by atoms with Crippen molar-refractivity contribution in [3.63, 3.8) is 0 Å². The zero-order valence-corrected chi connectivity index (χ0v) is 17.1. The Hall–Kier alpha value is -3.43. The maximum Gasteiger partial charge on any atom is 0.471 e. The molecule has 32 heavy (non-hydrogen) atoms. The van der Waals surface area contributed by atoms with Crippen LogP contribution in [-0.2, 0) is 15.1 Å². The topological polar surface area (TPSA) is 98.3 Å². The molecular weight excluding hydrogens is 432 g/mol. The summed E-state index contributed by atoms with van der Waals surface area (Å²) >= 11 is 0. The van der Waals surface area contributed by atoms with Crippen molar-refractivity contribution >= 4 is 17.8 Å². The number of halogens is 4. The monoisotopic (exact) mass is 451 g/mol. The predicted molar refractivity (Wildman–Crippen MR) is 103 cm³/mol. The standard InChI is InChI=1S/C22H20F4N2O4/c1-20(2,27-18(31)21(10-11-21)28-19(32)22(24,25)26)13-8-6-12(7-9-13)14-4-3-5-15(23)16(14)17(29)30/h3-9H,10-11H2,1-2H3,(H,27,31)(H,28,32)(H,29,30)/p-1. The number of carboxylic acid groups (broad SMARTS) is 1. The molecule has 0 radical (unpaired) electrons. The first-order valence-electron chi connectivity index (χ1n) is 9.59. The Morgan fingerprint density at radius 2 is 1.59 bits per heavy atom. The van der Waals surface area contributed by atoms with Crippen LogP contribution in [0.1, 0.15) is 42.6 Å². The normalized spacial score (nSPS) is 15.1. The number of rotatable bonds is 6. The molecule has 2 amide bonds. The maximum atomic E-state index is 13.9. The summed E-state index contributed by atoms with van der Waals surface area (Å²) < 4.78 is 51.6. The first-order chi connectivity index (χ1) is 14.8. The lowest BCUT2D eigenvalue weighted by atomic mass is 9.91. The number of carbonyl (C=O) groups is 3. The summed E-state index contributed by atoms with van der Waals surface area (Å²) in [5.74, 6) is -5.51. The van der Waals surface area contributed by atoms with Crippen LogP contribution in [0.5, 0.6) is 0 Å². The molecule has 0 unspecified atom stereocenters. The van der Waals surface area contributed by atoms with Gasteiger partial charge in [-0.3, -0.25) is 9.59 Å². The van der Waals surface area contributed by atoms with E-state index >= 15 is 0 Å². The highest BCUT2D eigenvalue weighted by Gasteiger charge is 2.55. The van der Waals surface area contributed by atoms with E-state index in [1.807, 2.05) is 0 Å². The Bertz CT molecular complexity index is 1070. The first-order valence-corrected chi connectivity index (χ1v) is 9.59. The Labute approximate surface area is 180 Å². The van der Waals surface area contributed by atoms with Crippen LogP contribution >= 0.6 is 0 Å². The molecule has 2 aromatic rings. The van der Waals surface area contributed by atoms with Crippen molar-refractivity contribution in [1.82, 2.24) is 10.6 Å². The Kier molecular flexibility index (Phi) is 5.75. The van der Waals surface area contributed by atoms with Crippen LogP contribution in [0.3, 0.4) is 0 Å². The van der Waals surface area contributed by atoms with Gasteiger partial charge in [-0.1, -0.05) is 36.4 Å². The zero-order chi connectivity index (χ0) is 23.9. The average Bonchev–Trinajstić information content (AvgIpc) is 3.47. The largest absolute Gasteiger partial charge is 0.545 e. The van der Waals surface area contributed by atoms with Crippen LogP contribution < -0.4 is 15.7 Å². The lowest BCUT2D eigenvalue weighted by Gasteiger charge is -2.30. The smallest absolute Gasteiger partial charge is 0.471 e. The van der Waals surface area contributed by atoms with Crippen molar-refractivity contribution in [2.24, 2.45) is 0 Å². The summed E-state index contributed by atoms with van der Waals surface area (Å²) in [5, 5.41) is 15.7. The number of amides is 2. The van der Waals surface area contributed by atoms with Gasteiger partial charge in [0.1, 0.15) is 11.4 Å². The number of hydrogen-bond acceptors (Lipinski definition) is 4. The third kappa shape index (κ3) is 4.58. The number of hydrogen-bond donors (Lipinski definition) is 2. The Morgan fingerprint density at radius 3 is 2.09 bits per heavy atom. The van der Waals surface area contributed by atoms with Gasteiger partial charge in [0.25, 0.3) is 0 Å². The van der Waals surface area contributed by atoms with E-state index in [-0.39, 0.29) is 18.4 Å². The van der Waals surface area contributed by atoms with E-state index in [2.05, 4.69) is 5.32 Å². The van der Waals surface area contributed by atoms with Gasteiger partial charge in [-0.05, 0) is 49.4 Å². The fourth-order valence-electron chi connectivity index (χ4n) is 3.34. The highest BCUT2D eigenvalue weighted by Crippen LogP contribution is 2.38. The number of carbonyl (C=O) groups excluding carboxylic acids is 3. The van der Waals surface area contributed by atoms with Crippen molar-refractivity contribution in [2.45, 2.75) is 43.9 Å². The lowest BCUT2D eigenvalue weighted by Crippen LogP contribution is -2.56. The summed E-state index contributed by atoms with van der Waals surface area (Å²) in [5.41, 5.74) is -2.15. The Morgan fingerprint density at radius 1 is 1.00 bits per heavy atom. The summed E-state index contributed by atoms with van der Waals surface area (Å²) in [4.78, 5) is 35.2. The van der Waals surface area contributed by atoms with Crippen molar-refractivity contribution in [3.8, 4) is 11.1 Å². The number of benzene rings is 2. The van der Waals surface area contributed by atoms with E-state index in [4.69, 9.17) is 0 Å². The second kappa shape index (κ2) is 7.92. The molecule has 0 aliphatic heterocycles. The van der Waals surface area contributed by atoms with Gasteiger partial charge in [-0.25, -0.2) is 4.39 Å². The molecule has 1 aliphatic carbocycles. The molecule has 10 heteroatoms. The van der Waals surface area contributed by atoms with Gasteiger partial charge in [0.05, 0.1) is 11.5 Å². The van der Waals surface area contributed by atoms with Crippen LogP contribution in [0, 0.1) is 5.82 Å². The van der Waals surface area contributed by atoms with Gasteiger partial charge < -0.3 is 20.5 Å². The maximum absolute atomic E-state index is 13.9. The van der Waals surface area contributed by atoms with Crippen LogP contribution in [0.4, 0.5) is 17.6 Å². The fourth-order valence-corrected chi connectivity index (χ4v) is 3.34. The highest BCUT2D eigenvalue weighted by molar-refractivity contribution is 5.96. The molecule has 0 bridgehead atoms. The third-order valence-electron chi connectivity index (χ3n) is 5.36. The van der Waals surface area contributed by atoms with Crippen molar-refractivity contribution in [1.29, 1.82) is 0 Å². The summed E-state index contributed by atoms with van der Waals surface area (Å²) in [6.07, 6.45) is -4.93. The molecule has 1 aliphatic rings. The van der Waals surface area contributed by atoms with Gasteiger partial charge in [-0.15, -0.1) is 0 Å². The minimum absolute atomic E-state index is 0.0846. The van der Waals surface area contributed by atoms with E-state index < -0.39 is 46.4 Å². The summed E-state index contributed by atoms with van der Waals surface area (Å²) in [7, 11) is 0. The molecule has 0 heterocycles. The van der Waals surface area contributed by atoms with Gasteiger partial charge in [0.2, 0.25) is 5.91 Å². The van der Waals surface area contributed by atoms with Gasteiger partial charge in [0.15, 0.2) is 0 Å². The van der Waals surface area contributed by atoms with Crippen molar-refractivity contribution in [2.75, 3.05) is 0 Å². The molecule has 0 aromatic heterocycles. The molecule has 2 aromatic carbocycles. The van der Waals surface area contributed by atoms with Gasteiger partial charge in [0, 0.05) is 5.56 Å². The lowest BCUT2D eigenvalue weighted by molar-refractivity contribution is -0.255. The van der Waals surface area contributed by atoms with E-state index in [1.165, 1.54) is 24.3 Å². The average molecular weight is 451 g/mol. The summed E-state index contributed by atoms with van der Waals surface area (Å²) in [6, 6.07) is 10.0. The van der Waals surface area contributed by atoms with Gasteiger partial charge >= 0.3 is 12.1 Å². The zero-order valence-electron chi connectivity index (χ0n) is 17.1. The van der Waals surface area contributed by atoms with Crippen molar-refractivity contribution < 1.29 is 37.1 Å². The molecule has 0 atom stereocenters. The van der Waals surface area contributed by atoms with E-state index in [0.29, 0.717) is 11.1 Å². The quantitative estimate of drug-likeness (QED) is 0.659. The predicted octanol–water partition coefficient (Wildman–Crippen LogP) is 2.42. The van der Waals surface area contributed by atoms with E-state index in [0.717, 1.165) is 6.07 Å². The van der Waals surface area contributed by atoms with Crippen LogP contribution in [0.25, 0.3) is 11.1 Å². The number of nitrogens with one attached hydrogen (secondary N) is 2. The molecule has 1 fully saturated rings. The number of alkyl halides is 3.